The average molecular weight is 234 g/mol. The van der Waals surface area contributed by atoms with Crippen LogP contribution in [0.2, 0.25) is 5.02 Å². The lowest BCUT2D eigenvalue weighted by molar-refractivity contribution is 0.0176. The van der Waals surface area contributed by atoms with Gasteiger partial charge in [-0.3, -0.25) is 0 Å². The number of hydrogen-bond acceptors (Lipinski definition) is 1. The third-order valence-electron chi connectivity index (χ3n) is 1.89. The van der Waals surface area contributed by atoms with E-state index in [4.69, 9.17) is 11.6 Å². The van der Waals surface area contributed by atoms with Crippen LogP contribution < -0.4 is 5.32 Å². The minimum Gasteiger partial charge on any atom is -0.383 e. The van der Waals surface area contributed by atoms with Crippen molar-refractivity contribution in [3.05, 3.63) is 28.8 Å². The molecule has 1 nitrogen and oxygen atoms in total. The van der Waals surface area contributed by atoms with E-state index in [1.807, 2.05) is 13.8 Å². The van der Waals surface area contributed by atoms with Gasteiger partial charge in [0.05, 0.1) is 0 Å². The van der Waals surface area contributed by atoms with E-state index in [1.165, 1.54) is 12.1 Å². The maximum atomic E-state index is 13.1. The molecule has 0 bridgehead atoms. The van der Waals surface area contributed by atoms with Gasteiger partial charge in [0, 0.05) is 29.2 Å². The normalized spacial score (nSPS) is 11.9. The van der Waals surface area contributed by atoms with Crippen LogP contribution in [0, 0.1) is 0 Å². The van der Waals surface area contributed by atoms with Crippen LogP contribution in [0.5, 0.6) is 0 Å². The number of benzene rings is 1. The van der Waals surface area contributed by atoms with Gasteiger partial charge in [0.1, 0.15) is 0 Å². The molecule has 0 unspecified atom stereocenters. The van der Waals surface area contributed by atoms with Crippen molar-refractivity contribution >= 4 is 17.3 Å². The second-order valence-electron chi connectivity index (χ2n) is 3.88. The smallest absolute Gasteiger partial charge is 0.272 e. The fourth-order valence-corrected chi connectivity index (χ4v) is 1.57. The van der Waals surface area contributed by atoms with Gasteiger partial charge < -0.3 is 5.32 Å². The van der Waals surface area contributed by atoms with Gasteiger partial charge in [0.2, 0.25) is 0 Å². The topological polar surface area (TPSA) is 12.0 Å². The van der Waals surface area contributed by atoms with Gasteiger partial charge in [-0.15, -0.1) is 0 Å². The van der Waals surface area contributed by atoms with E-state index in [0.29, 0.717) is 5.69 Å². The molecule has 0 saturated heterocycles. The molecule has 0 aliphatic heterocycles. The standard InChI is InChI=1S/C11H14ClF2N/c1-7(2)15-8-4-5-10(12)9(6-8)11(3,13)14/h4-7,15H,1-3H3. The fraction of sp³-hybridized carbons (Fsp3) is 0.455. The van der Waals surface area contributed by atoms with Crippen LogP contribution in [0.15, 0.2) is 18.2 Å². The Labute approximate surface area is 93.4 Å². The van der Waals surface area contributed by atoms with Crippen LogP contribution in [-0.2, 0) is 5.92 Å². The summed E-state index contributed by atoms with van der Waals surface area (Å²) in [5.74, 6) is -2.91. The number of nitrogens with one attached hydrogen (secondary N) is 1. The van der Waals surface area contributed by atoms with Crippen molar-refractivity contribution in [2.24, 2.45) is 0 Å². The Balaban J connectivity index is 3.06. The van der Waals surface area contributed by atoms with E-state index in [2.05, 4.69) is 5.32 Å². The highest BCUT2D eigenvalue weighted by molar-refractivity contribution is 6.31. The maximum absolute atomic E-state index is 13.1. The van der Waals surface area contributed by atoms with E-state index in [9.17, 15) is 8.78 Å². The summed E-state index contributed by atoms with van der Waals surface area (Å²) in [5.41, 5.74) is 0.515. The summed E-state index contributed by atoms with van der Waals surface area (Å²) in [7, 11) is 0. The molecule has 0 atom stereocenters. The molecule has 4 heteroatoms. The molecule has 1 aromatic carbocycles. The molecule has 0 aromatic heterocycles. The van der Waals surface area contributed by atoms with Gasteiger partial charge in [-0.1, -0.05) is 11.6 Å². The molecule has 0 spiro atoms. The molecular formula is C11H14ClF2N. The second-order valence-corrected chi connectivity index (χ2v) is 4.29. The number of halogens is 3. The van der Waals surface area contributed by atoms with Crippen molar-refractivity contribution in [3.63, 3.8) is 0 Å². The highest BCUT2D eigenvalue weighted by Crippen LogP contribution is 2.34. The Kier molecular flexibility index (Phi) is 3.55. The summed E-state index contributed by atoms with van der Waals surface area (Å²) in [5, 5.41) is 3.15. The van der Waals surface area contributed by atoms with E-state index >= 15 is 0 Å². The van der Waals surface area contributed by atoms with Crippen LogP contribution in [0.25, 0.3) is 0 Å². The summed E-state index contributed by atoms with van der Waals surface area (Å²) in [4.78, 5) is 0. The van der Waals surface area contributed by atoms with Crippen LogP contribution in [0.1, 0.15) is 26.3 Å². The average Bonchev–Trinajstić information content (AvgIpc) is 2.05. The Morgan fingerprint density at radius 3 is 2.40 bits per heavy atom. The van der Waals surface area contributed by atoms with Crippen molar-refractivity contribution in [2.75, 3.05) is 5.32 Å². The first-order chi connectivity index (χ1) is 6.80. The molecular weight excluding hydrogens is 220 g/mol. The third kappa shape index (κ3) is 3.34. The first-order valence-corrected chi connectivity index (χ1v) is 5.13. The maximum Gasteiger partial charge on any atom is 0.272 e. The summed E-state index contributed by atoms with van der Waals surface area (Å²) < 4.78 is 26.2. The third-order valence-corrected chi connectivity index (χ3v) is 2.22. The largest absolute Gasteiger partial charge is 0.383 e. The first-order valence-electron chi connectivity index (χ1n) is 4.75. The van der Waals surface area contributed by atoms with E-state index in [-0.39, 0.29) is 16.6 Å². The number of hydrogen-bond donors (Lipinski definition) is 1. The Morgan fingerprint density at radius 1 is 1.33 bits per heavy atom. The lowest BCUT2D eigenvalue weighted by Gasteiger charge is -2.16. The Bertz CT molecular complexity index is 345. The Hall–Kier alpha value is -0.830. The molecule has 15 heavy (non-hydrogen) atoms. The predicted molar refractivity (Wildman–Crippen MR) is 59.8 cm³/mol. The predicted octanol–water partition coefficient (Wildman–Crippen LogP) is 4.27. The second kappa shape index (κ2) is 4.35. The van der Waals surface area contributed by atoms with Gasteiger partial charge in [0.15, 0.2) is 0 Å². The summed E-state index contributed by atoms with van der Waals surface area (Å²) in [6.45, 7) is 4.73. The summed E-state index contributed by atoms with van der Waals surface area (Å²) in [6, 6.07) is 4.77. The quantitative estimate of drug-likeness (QED) is 0.822. The lowest BCUT2D eigenvalue weighted by atomic mass is 10.1. The lowest BCUT2D eigenvalue weighted by Crippen LogP contribution is -2.12. The first kappa shape index (κ1) is 12.2. The van der Waals surface area contributed by atoms with Gasteiger partial charge in [-0.25, -0.2) is 8.78 Å². The molecule has 1 rings (SSSR count). The van der Waals surface area contributed by atoms with Crippen LogP contribution in [0.4, 0.5) is 14.5 Å². The van der Waals surface area contributed by atoms with Crippen LogP contribution in [-0.4, -0.2) is 6.04 Å². The molecule has 0 aliphatic rings. The van der Waals surface area contributed by atoms with Gasteiger partial charge in [-0.2, -0.15) is 0 Å². The van der Waals surface area contributed by atoms with Crippen molar-refractivity contribution in [2.45, 2.75) is 32.7 Å². The molecule has 0 saturated carbocycles. The van der Waals surface area contributed by atoms with Crippen molar-refractivity contribution < 1.29 is 8.78 Å². The summed E-state index contributed by atoms with van der Waals surface area (Å²) in [6.07, 6.45) is 0. The molecule has 0 fully saturated rings. The highest BCUT2D eigenvalue weighted by atomic mass is 35.5. The number of anilines is 1. The molecule has 84 valence electrons. The molecule has 0 amide bonds. The van der Waals surface area contributed by atoms with Gasteiger partial charge >= 0.3 is 0 Å². The molecule has 0 aliphatic carbocycles. The zero-order chi connectivity index (χ0) is 11.6. The monoisotopic (exact) mass is 233 g/mol. The van der Waals surface area contributed by atoms with Crippen molar-refractivity contribution in [3.8, 4) is 0 Å². The zero-order valence-corrected chi connectivity index (χ0v) is 9.70. The van der Waals surface area contributed by atoms with E-state index in [1.54, 1.807) is 6.07 Å². The summed E-state index contributed by atoms with van der Waals surface area (Å²) >= 11 is 5.71. The number of alkyl halides is 2. The molecule has 1 N–H and O–H groups in total. The van der Waals surface area contributed by atoms with Gasteiger partial charge in [-0.05, 0) is 32.0 Å². The molecule has 0 radical (unpaired) electrons. The van der Waals surface area contributed by atoms with Gasteiger partial charge in [0.25, 0.3) is 5.92 Å². The van der Waals surface area contributed by atoms with E-state index in [0.717, 1.165) is 6.92 Å². The van der Waals surface area contributed by atoms with Crippen LogP contribution in [0.3, 0.4) is 0 Å². The highest BCUT2D eigenvalue weighted by Gasteiger charge is 2.27. The minimum absolute atomic E-state index is 0.0943. The zero-order valence-electron chi connectivity index (χ0n) is 8.94. The minimum atomic E-state index is -2.91. The SMILES string of the molecule is CC(C)Nc1ccc(Cl)c(C(C)(F)F)c1. The van der Waals surface area contributed by atoms with E-state index < -0.39 is 5.92 Å². The molecule has 0 heterocycles. The number of rotatable bonds is 3. The van der Waals surface area contributed by atoms with Crippen molar-refractivity contribution in [1.29, 1.82) is 0 Å². The fourth-order valence-electron chi connectivity index (χ4n) is 1.28. The Morgan fingerprint density at radius 2 is 1.93 bits per heavy atom. The molecule has 1 aromatic rings. The van der Waals surface area contributed by atoms with Crippen LogP contribution >= 0.6 is 11.6 Å². The van der Waals surface area contributed by atoms with Crippen molar-refractivity contribution in [1.82, 2.24) is 0 Å².